The van der Waals surface area contributed by atoms with Gasteiger partial charge in [-0.25, -0.2) is 0 Å². The summed E-state index contributed by atoms with van der Waals surface area (Å²) in [6.45, 7) is 2.24. The van der Waals surface area contributed by atoms with Crippen LogP contribution in [0, 0.1) is 5.92 Å². The minimum atomic E-state index is 0.0549. The number of ether oxygens (including phenoxy) is 1. The normalized spacial score (nSPS) is 17.1. The fraction of sp³-hybridized carbons (Fsp3) is 0.471. The molecule has 1 aromatic carbocycles. The van der Waals surface area contributed by atoms with Gasteiger partial charge in [0, 0.05) is 42.5 Å². The fourth-order valence-corrected chi connectivity index (χ4v) is 2.69. The number of aryl methyl sites for hydroxylation is 1. The zero-order chi connectivity index (χ0) is 16.8. The van der Waals surface area contributed by atoms with Crippen molar-refractivity contribution >= 4 is 17.5 Å². The molecule has 1 fully saturated rings. The van der Waals surface area contributed by atoms with Gasteiger partial charge in [0.15, 0.2) is 0 Å². The number of amides is 1. The molecule has 24 heavy (non-hydrogen) atoms. The van der Waals surface area contributed by atoms with Crippen molar-refractivity contribution in [2.45, 2.75) is 25.7 Å². The zero-order valence-corrected chi connectivity index (χ0v) is 14.1. The lowest BCUT2D eigenvalue weighted by molar-refractivity contribution is -0.121. The van der Waals surface area contributed by atoms with Gasteiger partial charge in [0.2, 0.25) is 17.6 Å². The standard InChI is InChI=1S/C17H20ClN3O3/c18-14-6-4-13(5-7-14)17-20-16(24-21-17)3-1-2-15(22)19-10-12-8-9-23-11-12/h4-7,12H,1-3,8-11H2,(H,19,22). The van der Waals surface area contributed by atoms with E-state index < -0.39 is 0 Å². The van der Waals surface area contributed by atoms with E-state index in [0.29, 0.717) is 48.5 Å². The highest BCUT2D eigenvalue weighted by Gasteiger charge is 2.16. The van der Waals surface area contributed by atoms with Crippen molar-refractivity contribution in [2.24, 2.45) is 5.92 Å². The Bertz CT molecular complexity index is 666. The third-order valence-electron chi connectivity index (χ3n) is 3.98. The van der Waals surface area contributed by atoms with Gasteiger partial charge < -0.3 is 14.6 Å². The molecule has 0 aliphatic carbocycles. The second-order valence-corrected chi connectivity index (χ2v) is 6.34. The van der Waals surface area contributed by atoms with E-state index in [4.69, 9.17) is 20.9 Å². The van der Waals surface area contributed by atoms with Gasteiger partial charge in [-0.15, -0.1) is 0 Å². The topological polar surface area (TPSA) is 77.2 Å². The lowest BCUT2D eigenvalue weighted by atomic mass is 10.1. The highest BCUT2D eigenvalue weighted by atomic mass is 35.5. The summed E-state index contributed by atoms with van der Waals surface area (Å²) in [5.74, 6) is 1.58. The van der Waals surface area contributed by atoms with Gasteiger partial charge in [-0.2, -0.15) is 4.98 Å². The first-order chi connectivity index (χ1) is 11.7. The molecule has 3 rings (SSSR count). The SMILES string of the molecule is O=C(CCCc1nc(-c2ccc(Cl)cc2)no1)NCC1CCOC1. The number of carbonyl (C=O) groups excluding carboxylic acids is 1. The Morgan fingerprint density at radius 1 is 1.33 bits per heavy atom. The molecule has 1 aliphatic rings. The van der Waals surface area contributed by atoms with Crippen LogP contribution in [0.3, 0.4) is 0 Å². The maximum atomic E-state index is 11.8. The molecule has 1 aromatic heterocycles. The third kappa shape index (κ3) is 4.79. The van der Waals surface area contributed by atoms with Crippen molar-refractivity contribution in [3.8, 4) is 11.4 Å². The number of nitrogens with zero attached hydrogens (tertiary/aromatic N) is 2. The maximum Gasteiger partial charge on any atom is 0.226 e. The molecule has 128 valence electrons. The first-order valence-electron chi connectivity index (χ1n) is 8.13. The predicted molar refractivity (Wildman–Crippen MR) is 89.6 cm³/mol. The number of aromatic nitrogens is 2. The van der Waals surface area contributed by atoms with Crippen molar-refractivity contribution in [3.63, 3.8) is 0 Å². The van der Waals surface area contributed by atoms with Crippen molar-refractivity contribution < 1.29 is 14.1 Å². The minimum Gasteiger partial charge on any atom is -0.381 e. The lowest BCUT2D eigenvalue weighted by Crippen LogP contribution is -2.29. The molecule has 1 saturated heterocycles. The Hall–Kier alpha value is -1.92. The summed E-state index contributed by atoms with van der Waals surface area (Å²) in [5.41, 5.74) is 0.853. The maximum absolute atomic E-state index is 11.8. The molecule has 1 amide bonds. The second-order valence-electron chi connectivity index (χ2n) is 5.91. The van der Waals surface area contributed by atoms with E-state index in [2.05, 4.69) is 15.5 Å². The number of hydrogen-bond donors (Lipinski definition) is 1. The summed E-state index contributed by atoms with van der Waals surface area (Å²) in [6, 6.07) is 7.26. The molecular weight excluding hydrogens is 330 g/mol. The third-order valence-corrected chi connectivity index (χ3v) is 4.23. The molecule has 1 aliphatic heterocycles. The van der Waals surface area contributed by atoms with Crippen LogP contribution < -0.4 is 5.32 Å². The van der Waals surface area contributed by atoms with Crippen LogP contribution in [0.4, 0.5) is 0 Å². The van der Waals surface area contributed by atoms with E-state index in [1.54, 1.807) is 12.1 Å². The summed E-state index contributed by atoms with van der Waals surface area (Å²) >= 11 is 5.86. The molecule has 1 atom stereocenters. The van der Waals surface area contributed by atoms with Crippen LogP contribution in [0.2, 0.25) is 5.02 Å². The molecule has 1 N–H and O–H groups in total. The van der Waals surface area contributed by atoms with Crippen LogP contribution >= 0.6 is 11.6 Å². The largest absolute Gasteiger partial charge is 0.381 e. The van der Waals surface area contributed by atoms with Gasteiger partial charge in [-0.3, -0.25) is 4.79 Å². The van der Waals surface area contributed by atoms with Crippen molar-refractivity contribution in [2.75, 3.05) is 19.8 Å². The molecule has 2 heterocycles. The molecule has 0 radical (unpaired) electrons. The predicted octanol–water partition coefficient (Wildman–Crippen LogP) is 2.87. The van der Waals surface area contributed by atoms with Crippen LogP contribution in [0.15, 0.2) is 28.8 Å². The van der Waals surface area contributed by atoms with Gasteiger partial charge in [0.25, 0.3) is 0 Å². The molecule has 0 bridgehead atoms. The second kappa shape index (κ2) is 8.26. The van der Waals surface area contributed by atoms with E-state index in [1.807, 2.05) is 12.1 Å². The first-order valence-corrected chi connectivity index (χ1v) is 8.51. The van der Waals surface area contributed by atoms with Crippen molar-refractivity contribution in [1.82, 2.24) is 15.5 Å². The van der Waals surface area contributed by atoms with Crippen molar-refractivity contribution in [3.05, 3.63) is 35.2 Å². The molecule has 7 heteroatoms. The quantitative estimate of drug-likeness (QED) is 0.831. The summed E-state index contributed by atoms with van der Waals surface area (Å²) in [6.07, 6.45) is 2.73. The average Bonchev–Trinajstić information content (AvgIpc) is 3.25. The number of halogens is 1. The van der Waals surface area contributed by atoms with Crippen LogP contribution in [0.25, 0.3) is 11.4 Å². The molecule has 0 spiro atoms. The van der Waals surface area contributed by atoms with Crippen LogP contribution in [0.1, 0.15) is 25.2 Å². The Morgan fingerprint density at radius 3 is 2.92 bits per heavy atom. The van der Waals surface area contributed by atoms with Gasteiger partial charge in [0.1, 0.15) is 0 Å². The lowest BCUT2D eigenvalue weighted by Gasteiger charge is -2.08. The Labute approximate surface area is 145 Å². The van der Waals surface area contributed by atoms with E-state index in [1.165, 1.54) is 0 Å². The Balaban J connectivity index is 1.40. The minimum absolute atomic E-state index is 0.0549. The molecule has 6 nitrogen and oxygen atoms in total. The van der Waals surface area contributed by atoms with Crippen LogP contribution in [-0.2, 0) is 16.0 Å². The summed E-state index contributed by atoms with van der Waals surface area (Å²) in [7, 11) is 0. The molecular formula is C17H20ClN3O3. The number of nitrogens with one attached hydrogen (secondary N) is 1. The number of benzene rings is 1. The van der Waals surface area contributed by atoms with Gasteiger partial charge in [0.05, 0.1) is 6.61 Å². The molecule has 1 unspecified atom stereocenters. The highest BCUT2D eigenvalue weighted by Crippen LogP contribution is 2.19. The first kappa shape index (κ1) is 16.9. The van der Waals surface area contributed by atoms with Crippen molar-refractivity contribution in [1.29, 1.82) is 0 Å². The summed E-state index contributed by atoms with van der Waals surface area (Å²) in [4.78, 5) is 16.2. The van der Waals surface area contributed by atoms with Gasteiger partial charge >= 0.3 is 0 Å². The average molecular weight is 350 g/mol. The smallest absolute Gasteiger partial charge is 0.226 e. The van der Waals surface area contributed by atoms with Crippen LogP contribution in [-0.4, -0.2) is 35.8 Å². The van der Waals surface area contributed by atoms with E-state index in [9.17, 15) is 4.79 Å². The number of hydrogen-bond acceptors (Lipinski definition) is 5. The summed E-state index contributed by atoms with van der Waals surface area (Å²) in [5, 5.41) is 7.57. The van der Waals surface area contributed by atoms with Crippen LogP contribution in [0.5, 0.6) is 0 Å². The van der Waals surface area contributed by atoms with Gasteiger partial charge in [-0.05, 0) is 37.1 Å². The fourth-order valence-electron chi connectivity index (χ4n) is 2.56. The number of rotatable bonds is 7. The summed E-state index contributed by atoms with van der Waals surface area (Å²) < 4.78 is 10.5. The highest BCUT2D eigenvalue weighted by molar-refractivity contribution is 6.30. The van der Waals surface area contributed by atoms with E-state index in [0.717, 1.165) is 25.2 Å². The Kier molecular flexibility index (Phi) is 5.82. The number of carbonyl (C=O) groups is 1. The van der Waals surface area contributed by atoms with E-state index >= 15 is 0 Å². The monoisotopic (exact) mass is 349 g/mol. The molecule has 0 saturated carbocycles. The zero-order valence-electron chi connectivity index (χ0n) is 13.3. The molecule has 2 aromatic rings. The van der Waals surface area contributed by atoms with E-state index in [-0.39, 0.29) is 5.91 Å². The Morgan fingerprint density at radius 2 is 2.17 bits per heavy atom. The van der Waals surface area contributed by atoms with Gasteiger partial charge in [-0.1, -0.05) is 16.8 Å².